The van der Waals surface area contributed by atoms with Gasteiger partial charge in [0.1, 0.15) is 5.82 Å². The highest BCUT2D eigenvalue weighted by atomic mass is 32.2. The Hall–Kier alpha value is -1.51. The topological polar surface area (TPSA) is 79.6 Å². The maximum atomic E-state index is 12.0. The highest BCUT2D eigenvalue weighted by molar-refractivity contribution is 7.87. The minimum atomic E-state index is -3.40. The summed E-state index contributed by atoms with van der Waals surface area (Å²) in [5, 5.41) is 8.09. The van der Waals surface area contributed by atoms with Crippen molar-refractivity contribution in [2.45, 2.75) is 20.3 Å². The van der Waals surface area contributed by atoms with Crippen LogP contribution in [0.3, 0.4) is 0 Å². The summed E-state index contributed by atoms with van der Waals surface area (Å²) in [6, 6.07) is 5.63. The number of nitrogens with zero attached hydrogens (tertiary/aromatic N) is 4. The normalized spacial score (nSPS) is 12.3. The first-order valence-corrected chi connectivity index (χ1v) is 8.06. The molecule has 0 atom stereocenters. The molecule has 0 aliphatic carbocycles. The maximum Gasteiger partial charge on any atom is 0.279 e. The van der Waals surface area contributed by atoms with Crippen LogP contribution in [-0.4, -0.2) is 47.0 Å². The summed E-state index contributed by atoms with van der Waals surface area (Å²) < 4.78 is 29.7. The Balaban J connectivity index is 2.00. The first-order valence-electron chi connectivity index (χ1n) is 6.62. The molecule has 110 valence electrons. The van der Waals surface area contributed by atoms with Gasteiger partial charge in [0.25, 0.3) is 10.2 Å². The van der Waals surface area contributed by atoms with Crippen molar-refractivity contribution < 1.29 is 8.42 Å². The minimum Gasteiger partial charge on any atom is -0.286 e. The van der Waals surface area contributed by atoms with Gasteiger partial charge in [0.15, 0.2) is 5.65 Å². The average Bonchev–Trinajstić information content (AvgIpc) is 2.83. The van der Waals surface area contributed by atoms with Crippen LogP contribution in [-0.2, 0) is 16.6 Å². The van der Waals surface area contributed by atoms with Crippen molar-refractivity contribution in [1.29, 1.82) is 0 Å². The largest absolute Gasteiger partial charge is 0.286 e. The molecule has 0 bridgehead atoms. The number of nitrogens with one attached hydrogen (secondary N) is 1. The van der Waals surface area contributed by atoms with E-state index in [1.807, 2.05) is 42.6 Å². The fourth-order valence-corrected chi connectivity index (χ4v) is 3.23. The van der Waals surface area contributed by atoms with Gasteiger partial charge >= 0.3 is 0 Å². The average molecular weight is 297 g/mol. The van der Waals surface area contributed by atoms with Gasteiger partial charge in [-0.2, -0.15) is 12.7 Å². The molecule has 2 aromatic heterocycles. The number of pyridine rings is 1. The van der Waals surface area contributed by atoms with E-state index in [9.17, 15) is 8.42 Å². The van der Waals surface area contributed by atoms with Gasteiger partial charge in [-0.15, -0.1) is 10.2 Å². The fraction of sp³-hybridized carbons (Fsp3) is 0.500. The van der Waals surface area contributed by atoms with Crippen LogP contribution in [0.25, 0.3) is 5.65 Å². The third-order valence-corrected chi connectivity index (χ3v) is 4.83. The molecule has 2 heterocycles. The summed E-state index contributed by atoms with van der Waals surface area (Å²) in [5.41, 5.74) is 0.758. The van der Waals surface area contributed by atoms with E-state index in [0.717, 1.165) is 11.5 Å². The first kappa shape index (κ1) is 14.9. The van der Waals surface area contributed by atoms with E-state index in [0.29, 0.717) is 26.1 Å². The molecular formula is C12H19N5O2S. The quantitative estimate of drug-likeness (QED) is 0.804. The molecule has 2 aromatic rings. The van der Waals surface area contributed by atoms with E-state index < -0.39 is 10.2 Å². The second-order valence-electron chi connectivity index (χ2n) is 4.28. The van der Waals surface area contributed by atoms with Gasteiger partial charge < -0.3 is 0 Å². The smallest absolute Gasteiger partial charge is 0.279 e. The lowest BCUT2D eigenvalue weighted by atomic mass is 10.4. The molecule has 0 aliphatic rings. The van der Waals surface area contributed by atoms with Crippen LogP contribution < -0.4 is 4.72 Å². The van der Waals surface area contributed by atoms with E-state index in [-0.39, 0.29) is 0 Å². The SMILES string of the molecule is CCN(CC)S(=O)(=O)NCCc1nnc2ccccn12. The van der Waals surface area contributed by atoms with Gasteiger partial charge in [0.2, 0.25) is 0 Å². The molecule has 0 fully saturated rings. The lowest BCUT2D eigenvalue weighted by molar-refractivity contribution is 0.435. The van der Waals surface area contributed by atoms with Crippen molar-refractivity contribution in [3.05, 3.63) is 30.2 Å². The highest BCUT2D eigenvalue weighted by Gasteiger charge is 2.17. The van der Waals surface area contributed by atoms with Crippen molar-refractivity contribution in [3.8, 4) is 0 Å². The van der Waals surface area contributed by atoms with E-state index in [1.54, 1.807) is 0 Å². The zero-order valence-electron chi connectivity index (χ0n) is 11.7. The third-order valence-electron chi connectivity index (χ3n) is 3.06. The van der Waals surface area contributed by atoms with Crippen molar-refractivity contribution in [1.82, 2.24) is 23.6 Å². The van der Waals surface area contributed by atoms with Crippen molar-refractivity contribution in [2.24, 2.45) is 0 Å². The van der Waals surface area contributed by atoms with Crippen molar-refractivity contribution in [3.63, 3.8) is 0 Å². The maximum absolute atomic E-state index is 12.0. The number of fused-ring (bicyclic) bond motifs is 1. The summed E-state index contributed by atoms with van der Waals surface area (Å²) in [6.45, 7) is 4.84. The molecule has 0 spiro atoms. The van der Waals surface area contributed by atoms with Gasteiger partial charge in [-0.1, -0.05) is 19.9 Å². The van der Waals surface area contributed by atoms with Crippen LogP contribution in [0.5, 0.6) is 0 Å². The van der Waals surface area contributed by atoms with Crippen LogP contribution in [0.4, 0.5) is 0 Å². The molecule has 20 heavy (non-hydrogen) atoms. The van der Waals surface area contributed by atoms with E-state index in [2.05, 4.69) is 14.9 Å². The monoisotopic (exact) mass is 297 g/mol. The predicted octanol–water partition coefficient (Wildman–Crippen LogP) is 0.448. The van der Waals surface area contributed by atoms with Gasteiger partial charge in [0, 0.05) is 32.3 Å². The van der Waals surface area contributed by atoms with Gasteiger partial charge in [-0.3, -0.25) is 4.40 Å². The van der Waals surface area contributed by atoms with E-state index in [4.69, 9.17) is 0 Å². The van der Waals surface area contributed by atoms with Crippen molar-refractivity contribution in [2.75, 3.05) is 19.6 Å². The molecule has 0 aliphatic heterocycles. The molecule has 7 nitrogen and oxygen atoms in total. The van der Waals surface area contributed by atoms with Crippen LogP contribution >= 0.6 is 0 Å². The second-order valence-corrected chi connectivity index (χ2v) is 6.03. The Morgan fingerprint density at radius 2 is 2.00 bits per heavy atom. The van der Waals surface area contributed by atoms with Crippen LogP contribution in [0.1, 0.15) is 19.7 Å². The zero-order valence-corrected chi connectivity index (χ0v) is 12.5. The Kier molecular flexibility index (Phi) is 4.69. The summed E-state index contributed by atoms with van der Waals surface area (Å²) in [4.78, 5) is 0. The standard InChI is InChI=1S/C12H19N5O2S/c1-3-16(4-2)20(18,19)13-9-8-12-15-14-11-7-5-6-10-17(11)12/h5-7,10,13H,3-4,8-9H2,1-2H3. The number of hydrogen-bond donors (Lipinski definition) is 1. The van der Waals surface area contributed by atoms with E-state index >= 15 is 0 Å². The lowest BCUT2D eigenvalue weighted by Crippen LogP contribution is -2.41. The van der Waals surface area contributed by atoms with Gasteiger partial charge in [0.05, 0.1) is 0 Å². The van der Waals surface area contributed by atoms with Crippen LogP contribution in [0, 0.1) is 0 Å². The van der Waals surface area contributed by atoms with Crippen LogP contribution in [0.2, 0.25) is 0 Å². The minimum absolute atomic E-state index is 0.300. The summed E-state index contributed by atoms with van der Waals surface area (Å²) >= 11 is 0. The molecular weight excluding hydrogens is 278 g/mol. The third kappa shape index (κ3) is 3.14. The van der Waals surface area contributed by atoms with Crippen molar-refractivity contribution >= 4 is 15.9 Å². The molecule has 0 radical (unpaired) electrons. The second kappa shape index (κ2) is 6.29. The molecule has 0 saturated heterocycles. The zero-order chi connectivity index (χ0) is 14.6. The summed E-state index contributed by atoms with van der Waals surface area (Å²) in [5.74, 6) is 0.739. The Bertz CT molecular complexity index is 663. The first-order chi connectivity index (χ1) is 9.58. The molecule has 0 unspecified atom stereocenters. The number of aromatic nitrogens is 3. The fourth-order valence-electron chi connectivity index (χ4n) is 2.01. The Morgan fingerprint density at radius 3 is 2.70 bits per heavy atom. The van der Waals surface area contributed by atoms with Crippen LogP contribution in [0.15, 0.2) is 24.4 Å². The molecule has 2 rings (SSSR count). The summed E-state index contributed by atoms with van der Waals surface area (Å²) in [7, 11) is -3.40. The number of hydrogen-bond acceptors (Lipinski definition) is 4. The Labute approximate surface area is 118 Å². The molecule has 0 saturated carbocycles. The predicted molar refractivity (Wildman–Crippen MR) is 76.5 cm³/mol. The van der Waals surface area contributed by atoms with E-state index in [1.165, 1.54) is 4.31 Å². The molecule has 8 heteroatoms. The highest BCUT2D eigenvalue weighted by Crippen LogP contribution is 2.03. The molecule has 0 amide bonds. The number of rotatable bonds is 7. The van der Waals surface area contributed by atoms with Gasteiger partial charge in [-0.05, 0) is 12.1 Å². The lowest BCUT2D eigenvalue weighted by Gasteiger charge is -2.18. The molecule has 0 aromatic carbocycles. The Morgan fingerprint density at radius 1 is 1.25 bits per heavy atom. The summed E-state index contributed by atoms with van der Waals surface area (Å²) in [6.07, 6.45) is 2.36. The van der Waals surface area contributed by atoms with Gasteiger partial charge in [-0.25, -0.2) is 4.72 Å². The molecule has 1 N–H and O–H groups in total.